The Bertz CT molecular complexity index is 1190. The molecule has 0 radical (unpaired) electrons. The number of benzene rings is 2. The van der Waals surface area contributed by atoms with Gasteiger partial charge in [0.15, 0.2) is 5.76 Å². The zero-order valence-electron chi connectivity index (χ0n) is 16.8. The topological polar surface area (TPSA) is 109 Å². The summed E-state index contributed by atoms with van der Waals surface area (Å²) >= 11 is 0. The highest BCUT2D eigenvalue weighted by molar-refractivity contribution is 7.89. The summed E-state index contributed by atoms with van der Waals surface area (Å²) in [6.07, 6.45) is 0. The van der Waals surface area contributed by atoms with Crippen LogP contribution in [-0.2, 0) is 14.8 Å². The summed E-state index contributed by atoms with van der Waals surface area (Å²) in [5.41, 5.74) is 5.79. The second-order valence-corrected chi connectivity index (χ2v) is 8.79. The molecule has 2 amide bonds. The summed E-state index contributed by atoms with van der Waals surface area (Å²) in [6, 6.07) is 14.7. The Morgan fingerprint density at radius 2 is 1.61 bits per heavy atom. The van der Waals surface area contributed by atoms with E-state index in [0.717, 1.165) is 9.87 Å². The summed E-state index contributed by atoms with van der Waals surface area (Å²) in [5, 5.41) is 0. The van der Waals surface area contributed by atoms with E-state index in [1.54, 1.807) is 12.1 Å². The maximum absolute atomic E-state index is 13.0. The molecule has 0 aliphatic carbocycles. The molecule has 3 aromatic rings. The molecule has 0 spiro atoms. The molecule has 0 atom stereocenters. The third-order valence-corrected chi connectivity index (χ3v) is 6.19. The van der Waals surface area contributed by atoms with E-state index in [0.29, 0.717) is 11.3 Å². The van der Waals surface area contributed by atoms with E-state index in [2.05, 4.69) is 10.9 Å². The van der Waals surface area contributed by atoms with Crippen LogP contribution in [0.1, 0.15) is 16.1 Å². The van der Waals surface area contributed by atoms with Crippen LogP contribution >= 0.6 is 0 Å². The van der Waals surface area contributed by atoms with E-state index in [1.165, 1.54) is 55.6 Å². The molecule has 8 nitrogen and oxygen atoms in total. The number of carbonyl (C=O) groups is 2. The van der Waals surface area contributed by atoms with Gasteiger partial charge in [-0.3, -0.25) is 20.4 Å². The van der Waals surface area contributed by atoms with Gasteiger partial charge in [0.2, 0.25) is 10.0 Å². The maximum atomic E-state index is 13.0. The number of sulfonamides is 1. The summed E-state index contributed by atoms with van der Waals surface area (Å²) < 4.78 is 44.3. The molecule has 2 aromatic carbocycles. The first-order valence-corrected chi connectivity index (χ1v) is 10.6. The fourth-order valence-electron chi connectivity index (χ4n) is 2.63. The molecule has 0 saturated carbocycles. The number of hydrazine groups is 1. The van der Waals surface area contributed by atoms with E-state index in [4.69, 9.17) is 4.42 Å². The lowest BCUT2D eigenvalue weighted by Crippen LogP contribution is -2.46. The SMILES string of the molecule is Cc1ccc(S(=O)(=O)N(C)CC(=O)NNC(=O)c2ccc(-c3ccc(F)cc3)o2)cc1. The number of amides is 2. The lowest BCUT2D eigenvalue weighted by molar-refractivity contribution is -0.121. The van der Waals surface area contributed by atoms with Gasteiger partial charge in [0.05, 0.1) is 11.4 Å². The molecular formula is C21H20FN3O5S. The van der Waals surface area contributed by atoms with Crippen LogP contribution in [0.25, 0.3) is 11.3 Å². The zero-order chi connectivity index (χ0) is 22.6. The molecule has 0 aliphatic heterocycles. The smallest absolute Gasteiger partial charge is 0.305 e. The molecule has 3 rings (SSSR count). The average Bonchev–Trinajstić information content (AvgIpc) is 3.23. The summed E-state index contributed by atoms with van der Waals surface area (Å²) in [4.78, 5) is 24.3. The van der Waals surface area contributed by atoms with Crippen LogP contribution < -0.4 is 10.9 Å². The third-order valence-electron chi connectivity index (χ3n) is 4.37. The van der Waals surface area contributed by atoms with Crippen LogP contribution in [0.4, 0.5) is 4.39 Å². The summed E-state index contributed by atoms with van der Waals surface area (Å²) in [7, 11) is -2.60. The van der Waals surface area contributed by atoms with Gasteiger partial charge in [-0.25, -0.2) is 12.8 Å². The number of aryl methyl sites for hydroxylation is 1. The largest absolute Gasteiger partial charge is 0.451 e. The predicted octanol–water partition coefficient (Wildman–Crippen LogP) is 2.48. The third kappa shape index (κ3) is 5.36. The molecule has 0 fully saturated rings. The quantitative estimate of drug-likeness (QED) is 0.567. The first-order chi connectivity index (χ1) is 14.7. The van der Waals surface area contributed by atoms with Gasteiger partial charge in [0.25, 0.3) is 5.91 Å². The van der Waals surface area contributed by atoms with Crippen LogP contribution in [0.2, 0.25) is 0 Å². The van der Waals surface area contributed by atoms with Crippen molar-refractivity contribution in [3.8, 4) is 11.3 Å². The van der Waals surface area contributed by atoms with Gasteiger partial charge < -0.3 is 4.42 Å². The van der Waals surface area contributed by atoms with E-state index in [9.17, 15) is 22.4 Å². The second kappa shape index (κ2) is 9.11. The van der Waals surface area contributed by atoms with Gasteiger partial charge in [0.1, 0.15) is 11.6 Å². The van der Waals surface area contributed by atoms with Crippen LogP contribution in [0, 0.1) is 12.7 Å². The Balaban J connectivity index is 1.56. The number of hydrogen-bond donors (Lipinski definition) is 2. The van der Waals surface area contributed by atoms with Crippen molar-refractivity contribution in [3.05, 3.63) is 77.8 Å². The Kier molecular flexibility index (Phi) is 6.52. The molecule has 0 aliphatic rings. The van der Waals surface area contributed by atoms with Crippen LogP contribution in [0.5, 0.6) is 0 Å². The molecule has 10 heteroatoms. The van der Waals surface area contributed by atoms with E-state index in [1.807, 2.05) is 6.92 Å². The Morgan fingerprint density at radius 1 is 0.968 bits per heavy atom. The van der Waals surface area contributed by atoms with Gasteiger partial charge in [-0.1, -0.05) is 17.7 Å². The number of nitrogens with zero attached hydrogens (tertiary/aromatic N) is 1. The second-order valence-electron chi connectivity index (χ2n) is 6.75. The average molecular weight is 445 g/mol. The van der Waals surface area contributed by atoms with E-state index >= 15 is 0 Å². The van der Waals surface area contributed by atoms with Gasteiger partial charge in [-0.15, -0.1) is 0 Å². The monoisotopic (exact) mass is 445 g/mol. The molecular weight excluding hydrogens is 425 g/mol. The highest BCUT2D eigenvalue weighted by Crippen LogP contribution is 2.22. The Morgan fingerprint density at radius 3 is 2.26 bits per heavy atom. The zero-order valence-corrected chi connectivity index (χ0v) is 17.6. The molecule has 31 heavy (non-hydrogen) atoms. The van der Waals surface area contributed by atoms with Crippen LogP contribution in [-0.4, -0.2) is 38.1 Å². The van der Waals surface area contributed by atoms with Crippen molar-refractivity contribution >= 4 is 21.8 Å². The van der Waals surface area contributed by atoms with E-state index < -0.39 is 34.2 Å². The molecule has 0 saturated heterocycles. The minimum absolute atomic E-state index is 0.0568. The number of rotatable bonds is 6. The number of hydrogen-bond acceptors (Lipinski definition) is 5. The minimum Gasteiger partial charge on any atom is -0.451 e. The standard InChI is InChI=1S/C21H20FN3O5S/c1-14-3-9-17(10-4-14)31(28,29)25(2)13-20(26)23-24-21(27)19-12-11-18(30-19)15-5-7-16(22)8-6-15/h3-12H,13H2,1-2H3,(H,23,26)(H,24,27). The first-order valence-electron chi connectivity index (χ1n) is 9.15. The van der Waals surface area contributed by atoms with Crippen LogP contribution in [0.3, 0.4) is 0 Å². The van der Waals surface area contributed by atoms with Crippen molar-refractivity contribution in [1.82, 2.24) is 15.2 Å². The van der Waals surface area contributed by atoms with Crippen LogP contribution in [0.15, 0.2) is 70.0 Å². The summed E-state index contributed by atoms with van der Waals surface area (Å²) in [6.45, 7) is 1.33. The highest BCUT2D eigenvalue weighted by atomic mass is 32.2. The predicted molar refractivity (Wildman–Crippen MR) is 111 cm³/mol. The molecule has 0 bridgehead atoms. The minimum atomic E-state index is -3.86. The number of carbonyl (C=O) groups excluding carboxylic acids is 2. The normalized spacial score (nSPS) is 11.4. The van der Waals surface area contributed by atoms with Crippen molar-refractivity contribution in [2.45, 2.75) is 11.8 Å². The fourth-order valence-corrected chi connectivity index (χ4v) is 3.76. The first kappa shape index (κ1) is 22.2. The number of halogens is 1. The van der Waals surface area contributed by atoms with Crippen molar-refractivity contribution in [2.24, 2.45) is 0 Å². The van der Waals surface area contributed by atoms with Gasteiger partial charge in [-0.05, 0) is 55.5 Å². The van der Waals surface area contributed by atoms with Gasteiger partial charge >= 0.3 is 5.91 Å². The van der Waals surface area contributed by atoms with Gasteiger partial charge in [0, 0.05) is 12.6 Å². The van der Waals surface area contributed by atoms with Gasteiger partial charge in [-0.2, -0.15) is 4.31 Å². The van der Waals surface area contributed by atoms with Crippen molar-refractivity contribution in [2.75, 3.05) is 13.6 Å². The highest BCUT2D eigenvalue weighted by Gasteiger charge is 2.23. The maximum Gasteiger partial charge on any atom is 0.305 e. The Labute approximate surface area is 178 Å². The molecule has 2 N–H and O–H groups in total. The fraction of sp³-hybridized carbons (Fsp3) is 0.143. The molecule has 1 aromatic heterocycles. The lowest BCUT2D eigenvalue weighted by atomic mass is 10.2. The van der Waals surface area contributed by atoms with E-state index in [-0.39, 0.29) is 10.7 Å². The van der Waals surface area contributed by atoms with Crippen molar-refractivity contribution in [1.29, 1.82) is 0 Å². The number of likely N-dealkylation sites (N-methyl/N-ethyl adjacent to an activating group) is 1. The Hall–Kier alpha value is -3.50. The molecule has 0 unspecified atom stereocenters. The molecule has 1 heterocycles. The van der Waals surface area contributed by atoms with Crippen molar-refractivity contribution in [3.63, 3.8) is 0 Å². The number of nitrogens with one attached hydrogen (secondary N) is 2. The summed E-state index contributed by atoms with van der Waals surface area (Å²) in [5.74, 6) is -1.60. The molecule has 162 valence electrons. The lowest BCUT2D eigenvalue weighted by Gasteiger charge is -2.17. The number of furan rings is 1. The van der Waals surface area contributed by atoms with Crippen molar-refractivity contribution < 1.29 is 26.8 Å².